The molecule has 30 heavy (non-hydrogen) atoms. The van der Waals surface area contributed by atoms with Crippen LogP contribution in [0.2, 0.25) is 18.1 Å². The summed E-state index contributed by atoms with van der Waals surface area (Å²) in [5.74, 6) is -0.0485. The van der Waals surface area contributed by atoms with Crippen LogP contribution in [0, 0.1) is 0 Å². The number of esters is 1. The van der Waals surface area contributed by atoms with Gasteiger partial charge in [0, 0.05) is 19.1 Å². The van der Waals surface area contributed by atoms with Crippen molar-refractivity contribution in [3.63, 3.8) is 0 Å². The van der Waals surface area contributed by atoms with Gasteiger partial charge in [0.05, 0.1) is 5.56 Å². The van der Waals surface area contributed by atoms with Crippen molar-refractivity contribution in [2.75, 3.05) is 0 Å². The Morgan fingerprint density at radius 1 is 1.10 bits per heavy atom. The van der Waals surface area contributed by atoms with Crippen molar-refractivity contribution in [2.24, 2.45) is 0 Å². The molecule has 0 unspecified atom stereocenters. The van der Waals surface area contributed by atoms with Crippen LogP contribution in [0.25, 0.3) is 22.1 Å². The Morgan fingerprint density at radius 3 is 2.30 bits per heavy atom. The van der Waals surface area contributed by atoms with Crippen LogP contribution in [0.15, 0.2) is 51.9 Å². The van der Waals surface area contributed by atoms with Crippen LogP contribution >= 0.6 is 0 Å². The second kappa shape index (κ2) is 7.64. The van der Waals surface area contributed by atoms with E-state index in [0.29, 0.717) is 11.1 Å². The van der Waals surface area contributed by atoms with E-state index in [2.05, 4.69) is 33.9 Å². The molecule has 158 valence electrons. The molecular formula is C23H26O6Si. The highest BCUT2D eigenvalue weighted by Gasteiger charge is 2.38. The van der Waals surface area contributed by atoms with Crippen LogP contribution in [0.5, 0.6) is 17.2 Å². The predicted octanol–water partition coefficient (Wildman–Crippen LogP) is 5.47. The number of phenols is 1. The highest BCUT2D eigenvalue weighted by molar-refractivity contribution is 6.74. The predicted molar refractivity (Wildman–Crippen MR) is 119 cm³/mol. The first-order valence-corrected chi connectivity index (χ1v) is 12.6. The van der Waals surface area contributed by atoms with E-state index in [-0.39, 0.29) is 32.9 Å². The molecule has 0 aliphatic rings. The lowest BCUT2D eigenvalue weighted by Gasteiger charge is -2.36. The molecule has 0 amide bonds. The molecule has 3 rings (SSSR count). The zero-order valence-corrected chi connectivity index (χ0v) is 19.0. The minimum atomic E-state index is -1.97. The maximum atomic E-state index is 13.1. The number of ether oxygens (including phenoxy) is 1. The van der Waals surface area contributed by atoms with Crippen molar-refractivity contribution in [3.05, 3.63) is 52.9 Å². The topological polar surface area (TPSA) is 86.0 Å². The first-order chi connectivity index (χ1) is 13.9. The van der Waals surface area contributed by atoms with Crippen LogP contribution in [0.4, 0.5) is 0 Å². The summed E-state index contributed by atoms with van der Waals surface area (Å²) in [5, 5.41) is 9.99. The molecule has 1 heterocycles. The fourth-order valence-corrected chi connectivity index (χ4v) is 3.82. The lowest BCUT2D eigenvalue weighted by molar-refractivity contribution is -0.131. The third kappa shape index (κ3) is 4.26. The Hall–Kier alpha value is -3.06. The molecule has 6 nitrogen and oxygen atoms in total. The van der Waals surface area contributed by atoms with E-state index in [1.807, 2.05) is 12.1 Å². The number of carbonyl (C=O) groups excluding carboxylic acids is 1. The third-order valence-corrected chi connectivity index (χ3v) is 9.78. The number of phenolic OH excluding ortho intramolecular Hbond substituents is 1. The number of rotatable bonds is 4. The fourth-order valence-electron chi connectivity index (χ4n) is 2.79. The number of aromatic hydroxyl groups is 1. The first kappa shape index (κ1) is 21.6. The summed E-state index contributed by atoms with van der Waals surface area (Å²) in [4.78, 5) is 24.5. The molecule has 0 aliphatic heterocycles. The molecule has 0 saturated carbocycles. The zero-order chi connectivity index (χ0) is 22.3. The van der Waals surface area contributed by atoms with E-state index in [9.17, 15) is 14.7 Å². The standard InChI is InChI=1S/C23H26O6Si/c1-14(24)28-20-12-16(25)11-19-21(20)22(26)18(13-27-19)15-7-9-17(10-8-15)29-30(5,6)23(2,3)4/h7-13,25H,1-6H3. The Morgan fingerprint density at radius 2 is 1.73 bits per heavy atom. The van der Waals surface area contributed by atoms with E-state index < -0.39 is 14.3 Å². The maximum Gasteiger partial charge on any atom is 0.308 e. The van der Waals surface area contributed by atoms with E-state index in [0.717, 1.165) is 5.75 Å². The molecule has 7 heteroatoms. The van der Waals surface area contributed by atoms with Gasteiger partial charge < -0.3 is 18.7 Å². The largest absolute Gasteiger partial charge is 0.544 e. The highest BCUT2D eigenvalue weighted by atomic mass is 28.4. The van der Waals surface area contributed by atoms with Gasteiger partial charge in [-0.2, -0.15) is 0 Å². The van der Waals surface area contributed by atoms with Gasteiger partial charge in [-0.3, -0.25) is 9.59 Å². The Bertz CT molecular complexity index is 1150. The van der Waals surface area contributed by atoms with Gasteiger partial charge in [0.15, 0.2) is 0 Å². The molecule has 0 aliphatic carbocycles. The van der Waals surface area contributed by atoms with Gasteiger partial charge in [0.1, 0.15) is 34.5 Å². The normalized spacial score (nSPS) is 12.1. The molecular weight excluding hydrogens is 400 g/mol. The van der Waals surface area contributed by atoms with Crippen LogP contribution in [0.1, 0.15) is 27.7 Å². The molecule has 0 bridgehead atoms. The Balaban J connectivity index is 2.03. The van der Waals surface area contributed by atoms with Crippen molar-refractivity contribution in [3.8, 4) is 28.4 Å². The van der Waals surface area contributed by atoms with Crippen molar-refractivity contribution >= 4 is 25.3 Å². The van der Waals surface area contributed by atoms with Crippen LogP contribution < -0.4 is 14.6 Å². The average Bonchev–Trinajstić information content (AvgIpc) is 2.60. The summed E-state index contributed by atoms with van der Waals surface area (Å²) in [6, 6.07) is 9.80. The quantitative estimate of drug-likeness (QED) is 0.338. The smallest absolute Gasteiger partial charge is 0.308 e. The van der Waals surface area contributed by atoms with Gasteiger partial charge in [0.2, 0.25) is 13.7 Å². The molecule has 0 atom stereocenters. The van der Waals surface area contributed by atoms with E-state index in [1.165, 1.54) is 25.3 Å². The second-order valence-corrected chi connectivity index (χ2v) is 13.5. The zero-order valence-electron chi connectivity index (χ0n) is 18.0. The van der Waals surface area contributed by atoms with Gasteiger partial charge in [0.25, 0.3) is 0 Å². The average molecular weight is 427 g/mol. The molecule has 0 radical (unpaired) electrons. The molecule has 2 aromatic carbocycles. The molecule has 1 aromatic heterocycles. The van der Waals surface area contributed by atoms with Crippen molar-refractivity contribution in [2.45, 2.75) is 45.8 Å². The minimum Gasteiger partial charge on any atom is -0.544 e. The number of hydrogen-bond acceptors (Lipinski definition) is 6. The maximum absolute atomic E-state index is 13.1. The number of hydrogen-bond donors (Lipinski definition) is 1. The molecule has 0 spiro atoms. The summed E-state index contributed by atoms with van der Waals surface area (Å²) in [5.41, 5.74) is 0.749. The fraction of sp³-hybridized carbons (Fsp3) is 0.304. The van der Waals surface area contributed by atoms with E-state index in [1.54, 1.807) is 12.1 Å². The summed E-state index contributed by atoms with van der Waals surface area (Å²) < 4.78 is 17.0. The van der Waals surface area contributed by atoms with Gasteiger partial charge >= 0.3 is 5.97 Å². The number of carbonyl (C=O) groups is 1. The second-order valence-electron chi connectivity index (χ2n) is 8.78. The molecule has 0 fully saturated rings. The van der Waals surface area contributed by atoms with Gasteiger partial charge in [-0.05, 0) is 35.8 Å². The summed E-state index contributed by atoms with van der Waals surface area (Å²) in [6.07, 6.45) is 1.34. The van der Waals surface area contributed by atoms with Gasteiger partial charge in [-0.25, -0.2) is 0 Å². The van der Waals surface area contributed by atoms with Crippen LogP contribution in [0.3, 0.4) is 0 Å². The van der Waals surface area contributed by atoms with E-state index in [4.69, 9.17) is 13.6 Å². The Kier molecular flexibility index (Phi) is 5.51. The first-order valence-electron chi connectivity index (χ1n) is 9.65. The summed E-state index contributed by atoms with van der Waals surface area (Å²) in [6.45, 7) is 12.1. The molecule has 3 aromatic rings. The van der Waals surface area contributed by atoms with Crippen LogP contribution in [-0.2, 0) is 4.79 Å². The van der Waals surface area contributed by atoms with Crippen LogP contribution in [-0.4, -0.2) is 19.4 Å². The molecule has 1 N–H and O–H groups in total. The monoisotopic (exact) mass is 426 g/mol. The highest BCUT2D eigenvalue weighted by Crippen LogP contribution is 2.38. The minimum absolute atomic E-state index is 0.0361. The number of fused-ring (bicyclic) bond motifs is 1. The SMILES string of the molecule is CC(=O)Oc1cc(O)cc2occ(-c3ccc(O[Si](C)(C)C(C)(C)C)cc3)c(=O)c12. The number of benzene rings is 2. The summed E-state index contributed by atoms with van der Waals surface area (Å²) >= 11 is 0. The Labute approximate surface area is 176 Å². The van der Waals surface area contributed by atoms with Crippen molar-refractivity contribution < 1.29 is 23.5 Å². The third-order valence-electron chi connectivity index (χ3n) is 5.42. The van der Waals surface area contributed by atoms with Crippen molar-refractivity contribution in [1.29, 1.82) is 0 Å². The lowest BCUT2D eigenvalue weighted by atomic mass is 10.0. The van der Waals surface area contributed by atoms with Gasteiger partial charge in [-0.1, -0.05) is 32.9 Å². The lowest BCUT2D eigenvalue weighted by Crippen LogP contribution is -2.43. The van der Waals surface area contributed by atoms with Crippen molar-refractivity contribution in [1.82, 2.24) is 0 Å². The van der Waals surface area contributed by atoms with Gasteiger partial charge in [-0.15, -0.1) is 0 Å². The summed E-state index contributed by atoms with van der Waals surface area (Å²) in [7, 11) is -1.97. The molecule has 0 saturated heterocycles. The van der Waals surface area contributed by atoms with E-state index >= 15 is 0 Å².